The molecule has 0 spiro atoms. The number of hydrogen-bond acceptors (Lipinski definition) is 4. The van der Waals surface area contributed by atoms with Gasteiger partial charge in [-0.2, -0.15) is 0 Å². The van der Waals surface area contributed by atoms with Crippen LogP contribution in [0.3, 0.4) is 0 Å². The van der Waals surface area contributed by atoms with Gasteiger partial charge in [-0.3, -0.25) is 0 Å². The smallest absolute Gasteiger partial charge is 0.252 e. The Labute approximate surface area is 561 Å². The molecule has 96 heavy (non-hydrogen) atoms. The van der Waals surface area contributed by atoms with E-state index < -0.39 is 0 Å². The van der Waals surface area contributed by atoms with Crippen molar-refractivity contribution in [2.45, 2.75) is 78.6 Å². The fourth-order valence-electron chi connectivity index (χ4n) is 15.6. The van der Waals surface area contributed by atoms with Crippen LogP contribution in [0.15, 0.2) is 282 Å². The normalized spacial score (nSPS) is 13.2. The van der Waals surface area contributed by atoms with Crippen molar-refractivity contribution in [3.63, 3.8) is 0 Å². The van der Waals surface area contributed by atoms with E-state index in [1.165, 1.54) is 54.9 Å². The number of hydrogen-bond donors (Lipinski definition) is 0. The fourth-order valence-corrected chi connectivity index (χ4v) is 15.6. The standard InChI is InChI=1S/C90H72BN3O2/c1-88(2,3)63-36-33-58(34-37-63)60-48-79-87-80(49-60)94(78-47-62(57-27-17-12-18-28-57)51-84-86(78)68-30-20-22-32-82(68)96-84)76-44-40-66(92-73-42-38-64(89(4,5)6)52-69(73)70-53-65(90(7,8)9)39-43-74(70)92)54-72(76)91(87)71-45-59(55-23-13-10-14-24-55)35-41-75(71)93(79)77-46-61(56-25-15-11-16-26-56)50-83-85(77)67-29-19-21-31-81(67)95-83/h10-54H,1-9H3. The predicted octanol–water partition coefficient (Wildman–Crippen LogP) is 23.2. The Balaban J connectivity index is 1.01. The van der Waals surface area contributed by atoms with Gasteiger partial charge in [0.1, 0.15) is 22.3 Å². The number of para-hydroxylation sites is 2. The van der Waals surface area contributed by atoms with Gasteiger partial charge in [-0.25, -0.2) is 0 Å². The average molecular weight is 1240 g/mol. The zero-order valence-corrected chi connectivity index (χ0v) is 55.7. The summed E-state index contributed by atoms with van der Waals surface area (Å²) in [5.41, 5.74) is 29.6. The van der Waals surface area contributed by atoms with Crippen LogP contribution < -0.4 is 26.2 Å². The molecular formula is C90H72BN3O2. The van der Waals surface area contributed by atoms with E-state index in [1.54, 1.807) is 0 Å². The molecule has 18 rings (SSSR count). The Morgan fingerprint density at radius 2 is 0.656 bits per heavy atom. The van der Waals surface area contributed by atoms with Crippen molar-refractivity contribution >= 4 is 123 Å². The second-order valence-corrected chi connectivity index (χ2v) is 29.7. The highest BCUT2D eigenvalue weighted by Crippen LogP contribution is 2.53. The number of nitrogens with zero attached hydrogens (tertiary/aromatic N) is 3. The lowest BCUT2D eigenvalue weighted by atomic mass is 9.33. The van der Waals surface area contributed by atoms with E-state index in [9.17, 15) is 0 Å². The van der Waals surface area contributed by atoms with E-state index in [0.29, 0.717) is 0 Å². The second kappa shape index (κ2) is 21.2. The van der Waals surface area contributed by atoms with E-state index in [4.69, 9.17) is 8.83 Å². The van der Waals surface area contributed by atoms with Crippen molar-refractivity contribution in [3.8, 4) is 50.2 Å². The number of aromatic nitrogens is 1. The summed E-state index contributed by atoms with van der Waals surface area (Å²) in [7, 11) is 0. The van der Waals surface area contributed by atoms with Crippen molar-refractivity contribution < 1.29 is 8.83 Å². The molecule has 0 bridgehead atoms. The molecule has 0 unspecified atom stereocenters. The lowest BCUT2D eigenvalue weighted by molar-refractivity contribution is 0.590. The molecule has 13 aromatic carbocycles. The Morgan fingerprint density at radius 1 is 0.271 bits per heavy atom. The van der Waals surface area contributed by atoms with Crippen molar-refractivity contribution in [2.75, 3.05) is 9.80 Å². The molecule has 6 heteroatoms. The SMILES string of the molecule is CC(C)(C)c1ccc(-c2cc3c4c(c2)N(c2cc(-c5ccccc5)cc5oc6ccccc6c25)c2ccc(-n5c6ccc(C(C)(C)C)cc6c6cc(C(C)(C)C)ccc65)cc2B4c2cc(-c4ccccc4)ccc2N3c2cc(-c3ccccc3)cc3oc4ccccc4c23)cc1. The molecule has 2 aliphatic heterocycles. The van der Waals surface area contributed by atoms with E-state index in [1.807, 2.05) is 0 Å². The lowest BCUT2D eigenvalue weighted by Crippen LogP contribution is -2.61. The highest BCUT2D eigenvalue weighted by molar-refractivity contribution is 7.00. The summed E-state index contributed by atoms with van der Waals surface area (Å²) in [6.45, 7) is 20.6. The maximum Gasteiger partial charge on any atom is 0.252 e. The summed E-state index contributed by atoms with van der Waals surface area (Å²) in [4.78, 5) is 5.22. The van der Waals surface area contributed by atoms with Crippen molar-refractivity contribution in [2.24, 2.45) is 0 Å². The highest BCUT2D eigenvalue weighted by atomic mass is 16.3. The molecule has 0 radical (unpaired) electrons. The quantitative estimate of drug-likeness (QED) is 0.149. The largest absolute Gasteiger partial charge is 0.456 e. The summed E-state index contributed by atoms with van der Waals surface area (Å²) in [6.07, 6.45) is 0. The van der Waals surface area contributed by atoms with Gasteiger partial charge in [-0.15, -0.1) is 0 Å². The first kappa shape index (κ1) is 57.6. The van der Waals surface area contributed by atoms with Crippen LogP contribution in [0.1, 0.15) is 79.0 Å². The molecule has 0 N–H and O–H groups in total. The van der Waals surface area contributed by atoms with E-state index in [2.05, 4.69) is 350 Å². The van der Waals surface area contributed by atoms with Gasteiger partial charge in [-0.05, 0) is 191 Å². The first-order valence-electron chi connectivity index (χ1n) is 33.8. The van der Waals surface area contributed by atoms with Crippen LogP contribution in [0, 0.1) is 0 Å². The highest BCUT2D eigenvalue weighted by Gasteiger charge is 2.45. The Hall–Kier alpha value is -11.1. The van der Waals surface area contributed by atoms with Crippen LogP contribution in [-0.2, 0) is 16.2 Å². The number of furan rings is 2. The molecule has 0 saturated carbocycles. The number of fused-ring (bicyclic) bond motifs is 13. The molecule has 2 aliphatic rings. The maximum absolute atomic E-state index is 7.08. The molecule has 16 aromatic rings. The van der Waals surface area contributed by atoms with Crippen LogP contribution in [0.2, 0.25) is 0 Å². The van der Waals surface area contributed by atoms with Gasteiger partial charge in [-0.1, -0.05) is 238 Å². The zero-order chi connectivity index (χ0) is 65.1. The van der Waals surface area contributed by atoms with Gasteiger partial charge in [0, 0.05) is 50.0 Å². The summed E-state index contributed by atoms with van der Waals surface area (Å²) in [6, 6.07) is 102. The van der Waals surface area contributed by atoms with E-state index in [0.717, 1.165) is 128 Å². The second-order valence-electron chi connectivity index (χ2n) is 29.7. The molecule has 0 amide bonds. The first-order chi connectivity index (χ1) is 46.5. The van der Waals surface area contributed by atoms with Crippen LogP contribution >= 0.6 is 0 Å². The third kappa shape index (κ3) is 9.13. The zero-order valence-electron chi connectivity index (χ0n) is 55.7. The van der Waals surface area contributed by atoms with Gasteiger partial charge in [0.15, 0.2) is 0 Å². The summed E-state index contributed by atoms with van der Waals surface area (Å²) < 4.78 is 16.7. The number of anilines is 6. The predicted molar refractivity (Wildman–Crippen MR) is 407 cm³/mol. The molecule has 0 saturated heterocycles. The van der Waals surface area contributed by atoms with Crippen molar-refractivity contribution in [1.82, 2.24) is 4.57 Å². The Kier molecular flexibility index (Phi) is 12.7. The minimum atomic E-state index is -0.274. The molecule has 0 aliphatic carbocycles. The van der Waals surface area contributed by atoms with Gasteiger partial charge in [0.2, 0.25) is 0 Å². The fraction of sp³-hybridized carbons (Fsp3) is 0.133. The van der Waals surface area contributed by atoms with Crippen molar-refractivity contribution in [3.05, 3.63) is 290 Å². The van der Waals surface area contributed by atoms with Crippen LogP contribution in [0.5, 0.6) is 0 Å². The first-order valence-corrected chi connectivity index (χ1v) is 33.8. The minimum absolute atomic E-state index is 0.0406. The van der Waals surface area contributed by atoms with Gasteiger partial charge < -0.3 is 23.2 Å². The van der Waals surface area contributed by atoms with Crippen molar-refractivity contribution in [1.29, 1.82) is 0 Å². The molecular weight excluding hydrogens is 1170 g/mol. The monoisotopic (exact) mass is 1240 g/mol. The average Bonchev–Trinajstić information content (AvgIpc) is 0.854. The van der Waals surface area contributed by atoms with Crippen LogP contribution in [0.4, 0.5) is 34.1 Å². The topological polar surface area (TPSA) is 37.7 Å². The maximum atomic E-state index is 7.08. The molecule has 462 valence electrons. The van der Waals surface area contributed by atoms with Gasteiger partial charge >= 0.3 is 0 Å². The number of rotatable bonds is 7. The summed E-state index contributed by atoms with van der Waals surface area (Å²) >= 11 is 0. The summed E-state index contributed by atoms with van der Waals surface area (Å²) in [5, 5.41) is 6.75. The summed E-state index contributed by atoms with van der Waals surface area (Å²) in [5.74, 6) is 0. The molecule has 5 nitrogen and oxygen atoms in total. The van der Waals surface area contributed by atoms with Crippen LogP contribution in [0.25, 0.3) is 116 Å². The third-order valence-corrected chi connectivity index (χ3v) is 20.6. The van der Waals surface area contributed by atoms with E-state index >= 15 is 0 Å². The number of benzene rings is 13. The molecule has 5 heterocycles. The molecule has 0 atom stereocenters. The van der Waals surface area contributed by atoms with E-state index in [-0.39, 0.29) is 23.0 Å². The third-order valence-electron chi connectivity index (χ3n) is 20.6. The van der Waals surface area contributed by atoms with Gasteiger partial charge in [0.25, 0.3) is 6.71 Å². The van der Waals surface area contributed by atoms with Crippen LogP contribution in [-0.4, -0.2) is 11.3 Å². The minimum Gasteiger partial charge on any atom is -0.456 e. The molecule has 0 fully saturated rings. The lowest BCUT2D eigenvalue weighted by Gasteiger charge is -2.45. The Bertz CT molecular complexity index is 5750. The Morgan fingerprint density at radius 3 is 1.14 bits per heavy atom. The van der Waals surface area contributed by atoms with Gasteiger partial charge in [0.05, 0.1) is 33.2 Å². The molecule has 3 aromatic heterocycles.